The summed E-state index contributed by atoms with van der Waals surface area (Å²) in [5.74, 6) is 0. The van der Waals surface area contributed by atoms with Gasteiger partial charge >= 0.3 is 0 Å². The number of benzene rings is 2. The fraction of sp³-hybridized carbons (Fsp3) is 0.250. The Hall–Kier alpha value is -1.69. The van der Waals surface area contributed by atoms with E-state index in [9.17, 15) is 8.42 Å². The van der Waals surface area contributed by atoms with Gasteiger partial charge in [0.2, 0.25) is 10.0 Å². The Morgan fingerprint density at radius 3 is 2.62 bits per heavy atom. The molecule has 0 N–H and O–H groups in total. The maximum Gasteiger partial charge on any atom is 0.244 e. The molecule has 2 aromatic rings. The quantitative estimate of drug-likeness (QED) is 0.739. The molecular weight excluding hydrogens is 286 g/mol. The van der Waals surface area contributed by atoms with Crippen molar-refractivity contribution in [2.45, 2.75) is 4.90 Å². The third-order valence-electron chi connectivity index (χ3n) is 3.25. The van der Waals surface area contributed by atoms with Crippen LogP contribution in [-0.4, -0.2) is 39.5 Å². The number of methoxy groups -OCH3 is 1. The number of hydrogen-bond acceptors (Lipinski definition) is 3. The zero-order valence-corrected chi connectivity index (χ0v) is 12.8. The molecule has 0 spiro atoms. The molecule has 0 aliphatic rings. The average molecular weight is 305 g/mol. The minimum absolute atomic E-state index is 0.259. The summed E-state index contributed by atoms with van der Waals surface area (Å²) in [4.78, 5) is 0.318. The van der Waals surface area contributed by atoms with Crippen molar-refractivity contribution in [2.24, 2.45) is 0 Å². The van der Waals surface area contributed by atoms with Crippen LogP contribution < -0.4 is 0 Å². The second-order valence-electron chi connectivity index (χ2n) is 4.62. The van der Waals surface area contributed by atoms with Gasteiger partial charge in [-0.1, -0.05) is 42.5 Å². The van der Waals surface area contributed by atoms with Gasteiger partial charge in [-0.3, -0.25) is 0 Å². The highest BCUT2D eigenvalue weighted by molar-refractivity contribution is 7.89. The van der Waals surface area contributed by atoms with Crippen LogP contribution in [-0.2, 0) is 14.8 Å². The van der Waals surface area contributed by atoms with Gasteiger partial charge in [-0.15, -0.1) is 6.58 Å². The highest BCUT2D eigenvalue weighted by atomic mass is 32.2. The monoisotopic (exact) mass is 305 g/mol. The lowest BCUT2D eigenvalue weighted by Gasteiger charge is -2.21. The Bertz CT molecular complexity index is 720. The van der Waals surface area contributed by atoms with E-state index >= 15 is 0 Å². The van der Waals surface area contributed by atoms with Gasteiger partial charge in [0.15, 0.2) is 0 Å². The van der Waals surface area contributed by atoms with Crippen molar-refractivity contribution >= 4 is 20.8 Å². The Balaban J connectivity index is 2.51. The largest absolute Gasteiger partial charge is 0.383 e. The molecule has 0 atom stereocenters. The normalized spacial score (nSPS) is 11.9. The molecule has 0 radical (unpaired) electrons. The van der Waals surface area contributed by atoms with E-state index in [0.717, 1.165) is 10.8 Å². The van der Waals surface area contributed by atoms with Crippen LogP contribution >= 0.6 is 0 Å². The first kappa shape index (κ1) is 15.7. The van der Waals surface area contributed by atoms with Crippen LogP contribution in [0.3, 0.4) is 0 Å². The summed E-state index contributed by atoms with van der Waals surface area (Å²) in [7, 11) is -2.03. The van der Waals surface area contributed by atoms with Gasteiger partial charge in [0, 0.05) is 25.6 Å². The topological polar surface area (TPSA) is 46.6 Å². The van der Waals surface area contributed by atoms with E-state index in [1.807, 2.05) is 30.3 Å². The molecule has 0 aliphatic heterocycles. The van der Waals surface area contributed by atoms with Gasteiger partial charge in [0.25, 0.3) is 0 Å². The predicted molar refractivity (Wildman–Crippen MR) is 84.8 cm³/mol. The molecule has 0 bridgehead atoms. The molecule has 0 saturated carbocycles. The Morgan fingerprint density at radius 2 is 1.90 bits per heavy atom. The zero-order chi connectivity index (χ0) is 15.3. The summed E-state index contributed by atoms with van der Waals surface area (Å²) < 4.78 is 32.1. The van der Waals surface area contributed by atoms with Crippen LogP contribution in [0.25, 0.3) is 10.8 Å². The third-order valence-corrected chi connectivity index (χ3v) is 5.17. The van der Waals surface area contributed by atoms with Crippen LogP contribution in [0.15, 0.2) is 60.0 Å². The lowest BCUT2D eigenvalue weighted by atomic mass is 10.1. The fourth-order valence-electron chi connectivity index (χ4n) is 2.21. The molecule has 21 heavy (non-hydrogen) atoms. The van der Waals surface area contributed by atoms with Gasteiger partial charge in [-0.25, -0.2) is 8.42 Å². The van der Waals surface area contributed by atoms with E-state index in [1.54, 1.807) is 25.3 Å². The van der Waals surface area contributed by atoms with E-state index in [-0.39, 0.29) is 6.54 Å². The number of sulfonamides is 1. The first-order valence-electron chi connectivity index (χ1n) is 6.69. The Morgan fingerprint density at radius 1 is 1.19 bits per heavy atom. The second kappa shape index (κ2) is 6.85. The lowest BCUT2D eigenvalue weighted by molar-refractivity contribution is 0.182. The van der Waals surface area contributed by atoms with Crippen molar-refractivity contribution in [3.8, 4) is 0 Å². The van der Waals surface area contributed by atoms with Gasteiger partial charge in [-0.2, -0.15) is 4.31 Å². The molecular formula is C16H19NO3S. The predicted octanol–water partition coefficient (Wildman–Crippen LogP) is 2.66. The SMILES string of the molecule is C=CCN(CCOC)S(=O)(=O)c1cccc2ccccc12. The minimum Gasteiger partial charge on any atom is -0.383 e. The van der Waals surface area contributed by atoms with Crippen molar-refractivity contribution in [3.05, 3.63) is 55.1 Å². The molecule has 0 heterocycles. The Labute approximate surface area is 125 Å². The number of fused-ring (bicyclic) bond motifs is 1. The molecule has 5 heteroatoms. The highest BCUT2D eigenvalue weighted by Crippen LogP contribution is 2.25. The van der Waals surface area contributed by atoms with Crippen LogP contribution in [0.1, 0.15) is 0 Å². The molecule has 0 amide bonds. The third kappa shape index (κ3) is 3.32. The number of rotatable bonds is 7. The standard InChI is InChI=1S/C16H19NO3S/c1-3-11-17(12-13-20-2)21(18,19)16-10-6-8-14-7-4-5-9-15(14)16/h3-10H,1,11-13H2,2H3. The number of hydrogen-bond donors (Lipinski definition) is 0. The summed E-state index contributed by atoms with van der Waals surface area (Å²) in [6.07, 6.45) is 1.58. The minimum atomic E-state index is -3.58. The van der Waals surface area contributed by atoms with E-state index in [0.29, 0.717) is 18.0 Å². The van der Waals surface area contributed by atoms with E-state index in [1.165, 1.54) is 4.31 Å². The molecule has 4 nitrogen and oxygen atoms in total. The highest BCUT2D eigenvalue weighted by Gasteiger charge is 2.24. The van der Waals surface area contributed by atoms with Crippen molar-refractivity contribution < 1.29 is 13.2 Å². The molecule has 2 rings (SSSR count). The first-order chi connectivity index (χ1) is 10.1. The van der Waals surface area contributed by atoms with E-state index in [4.69, 9.17) is 4.74 Å². The Kier molecular flexibility index (Phi) is 5.12. The lowest BCUT2D eigenvalue weighted by Crippen LogP contribution is -2.34. The maximum absolute atomic E-state index is 12.9. The molecule has 0 aliphatic carbocycles. The van der Waals surface area contributed by atoms with Gasteiger partial charge in [-0.05, 0) is 11.5 Å². The first-order valence-corrected chi connectivity index (χ1v) is 8.13. The van der Waals surface area contributed by atoms with Gasteiger partial charge < -0.3 is 4.74 Å². The van der Waals surface area contributed by atoms with Crippen LogP contribution in [0.4, 0.5) is 0 Å². The summed E-state index contributed by atoms with van der Waals surface area (Å²) in [5.41, 5.74) is 0. The average Bonchev–Trinajstić information content (AvgIpc) is 2.50. The van der Waals surface area contributed by atoms with Crippen LogP contribution in [0, 0.1) is 0 Å². The van der Waals surface area contributed by atoms with Gasteiger partial charge in [0.1, 0.15) is 0 Å². The van der Waals surface area contributed by atoms with E-state index < -0.39 is 10.0 Å². The zero-order valence-electron chi connectivity index (χ0n) is 12.0. The molecule has 0 fully saturated rings. The molecule has 0 aromatic heterocycles. The molecule has 112 valence electrons. The summed E-state index contributed by atoms with van der Waals surface area (Å²) >= 11 is 0. The fourth-order valence-corrected chi connectivity index (χ4v) is 3.82. The van der Waals surface area contributed by atoms with Crippen LogP contribution in [0.2, 0.25) is 0 Å². The van der Waals surface area contributed by atoms with Crippen molar-refractivity contribution in [1.82, 2.24) is 4.31 Å². The number of ether oxygens (including phenoxy) is 1. The van der Waals surface area contributed by atoms with Crippen LogP contribution in [0.5, 0.6) is 0 Å². The smallest absolute Gasteiger partial charge is 0.244 e. The van der Waals surface area contributed by atoms with Crippen molar-refractivity contribution in [1.29, 1.82) is 0 Å². The molecule has 0 unspecified atom stereocenters. The van der Waals surface area contributed by atoms with Crippen molar-refractivity contribution in [3.63, 3.8) is 0 Å². The maximum atomic E-state index is 12.9. The number of nitrogens with zero attached hydrogens (tertiary/aromatic N) is 1. The van der Waals surface area contributed by atoms with Gasteiger partial charge in [0.05, 0.1) is 11.5 Å². The van der Waals surface area contributed by atoms with E-state index in [2.05, 4.69) is 6.58 Å². The molecule has 2 aromatic carbocycles. The summed E-state index contributed by atoms with van der Waals surface area (Å²) in [5, 5.41) is 1.63. The summed E-state index contributed by atoms with van der Waals surface area (Å²) in [6, 6.07) is 12.8. The van der Waals surface area contributed by atoms with Crippen molar-refractivity contribution in [2.75, 3.05) is 26.8 Å². The second-order valence-corrected chi connectivity index (χ2v) is 6.53. The molecule has 0 saturated heterocycles. The summed E-state index contributed by atoms with van der Waals surface area (Å²) in [6.45, 7) is 4.53.